The van der Waals surface area contributed by atoms with Gasteiger partial charge in [-0.2, -0.15) is 10.1 Å². The Bertz CT molecular complexity index is 411. The van der Waals surface area contributed by atoms with Gasteiger partial charge in [0.25, 0.3) is 5.91 Å². The van der Waals surface area contributed by atoms with Gasteiger partial charge in [0.1, 0.15) is 6.33 Å². The van der Waals surface area contributed by atoms with Gasteiger partial charge in [0.2, 0.25) is 5.95 Å². The Kier molecular flexibility index (Phi) is 2.18. The number of H-pyrrole nitrogens is 1. The van der Waals surface area contributed by atoms with E-state index in [1.54, 1.807) is 24.5 Å². The molecule has 2 heterocycles. The molecule has 6 heteroatoms. The van der Waals surface area contributed by atoms with Gasteiger partial charge in [0.05, 0.1) is 0 Å². The van der Waals surface area contributed by atoms with Gasteiger partial charge in [-0.25, -0.2) is 5.10 Å². The SMILES string of the molecule is O=C(Nc1ncn[nH]1)c1ccncc1. The molecule has 0 aromatic carbocycles. The van der Waals surface area contributed by atoms with Crippen molar-refractivity contribution in [3.05, 3.63) is 36.4 Å². The molecule has 0 aliphatic heterocycles. The van der Waals surface area contributed by atoms with E-state index in [4.69, 9.17) is 0 Å². The van der Waals surface area contributed by atoms with Crippen molar-refractivity contribution >= 4 is 11.9 Å². The van der Waals surface area contributed by atoms with Crippen molar-refractivity contribution in [2.75, 3.05) is 5.32 Å². The topological polar surface area (TPSA) is 83.6 Å². The molecular formula is C8H7N5O. The largest absolute Gasteiger partial charge is 0.291 e. The fourth-order valence-corrected chi connectivity index (χ4v) is 0.949. The standard InChI is InChI=1S/C8H7N5O/c14-7(6-1-3-9-4-2-6)12-8-10-5-11-13-8/h1-5H,(H2,10,11,12,13,14). The highest BCUT2D eigenvalue weighted by Crippen LogP contribution is 2.00. The van der Waals surface area contributed by atoms with Gasteiger partial charge in [-0.15, -0.1) is 0 Å². The van der Waals surface area contributed by atoms with Gasteiger partial charge in [-0.3, -0.25) is 15.1 Å². The molecule has 2 rings (SSSR count). The van der Waals surface area contributed by atoms with Crippen molar-refractivity contribution in [2.45, 2.75) is 0 Å². The molecule has 0 unspecified atom stereocenters. The van der Waals surface area contributed by atoms with Crippen LogP contribution in [0.3, 0.4) is 0 Å². The molecular weight excluding hydrogens is 182 g/mol. The number of aromatic nitrogens is 4. The number of nitrogens with zero attached hydrogens (tertiary/aromatic N) is 3. The third-order valence-corrected chi connectivity index (χ3v) is 1.59. The van der Waals surface area contributed by atoms with Crippen LogP contribution in [0.1, 0.15) is 10.4 Å². The van der Waals surface area contributed by atoms with E-state index in [9.17, 15) is 4.79 Å². The van der Waals surface area contributed by atoms with Crippen LogP contribution in [0.4, 0.5) is 5.95 Å². The van der Waals surface area contributed by atoms with Crippen LogP contribution in [0.5, 0.6) is 0 Å². The van der Waals surface area contributed by atoms with Gasteiger partial charge in [0, 0.05) is 18.0 Å². The lowest BCUT2D eigenvalue weighted by atomic mass is 10.2. The maximum Gasteiger partial charge on any atom is 0.258 e. The third-order valence-electron chi connectivity index (χ3n) is 1.59. The molecule has 14 heavy (non-hydrogen) atoms. The number of carbonyl (C=O) groups excluding carboxylic acids is 1. The Hall–Kier alpha value is -2.24. The molecule has 0 aliphatic rings. The number of pyridine rings is 1. The van der Waals surface area contributed by atoms with Gasteiger partial charge in [-0.05, 0) is 12.1 Å². The molecule has 1 amide bonds. The second-order valence-electron chi connectivity index (χ2n) is 2.52. The number of amides is 1. The highest BCUT2D eigenvalue weighted by atomic mass is 16.1. The first-order chi connectivity index (χ1) is 6.86. The second kappa shape index (κ2) is 3.65. The summed E-state index contributed by atoms with van der Waals surface area (Å²) in [5, 5.41) is 8.68. The number of hydrogen-bond donors (Lipinski definition) is 2. The van der Waals surface area contributed by atoms with Crippen molar-refractivity contribution in [3.8, 4) is 0 Å². The second-order valence-corrected chi connectivity index (χ2v) is 2.52. The van der Waals surface area contributed by atoms with Gasteiger partial charge >= 0.3 is 0 Å². The highest BCUT2D eigenvalue weighted by molar-refractivity contribution is 6.03. The number of aromatic amines is 1. The minimum atomic E-state index is -0.246. The molecule has 0 bridgehead atoms. The lowest BCUT2D eigenvalue weighted by Gasteiger charge is -1.99. The average Bonchev–Trinajstić information content (AvgIpc) is 2.72. The number of anilines is 1. The zero-order valence-corrected chi connectivity index (χ0v) is 7.14. The lowest BCUT2D eigenvalue weighted by molar-refractivity contribution is 0.102. The zero-order valence-electron chi connectivity index (χ0n) is 7.14. The van der Waals surface area contributed by atoms with Crippen LogP contribution in [0.2, 0.25) is 0 Å². The Morgan fingerprint density at radius 1 is 1.36 bits per heavy atom. The molecule has 0 saturated heterocycles. The van der Waals surface area contributed by atoms with Crippen LogP contribution in [0, 0.1) is 0 Å². The summed E-state index contributed by atoms with van der Waals surface area (Å²) in [6.07, 6.45) is 4.42. The van der Waals surface area contributed by atoms with Crippen molar-refractivity contribution < 1.29 is 4.79 Å². The first kappa shape index (κ1) is 8.36. The lowest BCUT2D eigenvalue weighted by Crippen LogP contribution is -2.12. The monoisotopic (exact) mass is 189 g/mol. The molecule has 0 fully saturated rings. The smallest absolute Gasteiger partial charge is 0.258 e. The molecule has 0 spiro atoms. The maximum absolute atomic E-state index is 11.5. The van der Waals surface area contributed by atoms with Gasteiger partial charge in [-0.1, -0.05) is 0 Å². The van der Waals surface area contributed by atoms with E-state index in [0.29, 0.717) is 11.5 Å². The quantitative estimate of drug-likeness (QED) is 0.718. The predicted octanol–water partition coefficient (Wildman–Crippen LogP) is 0.452. The van der Waals surface area contributed by atoms with E-state index in [-0.39, 0.29) is 5.91 Å². The van der Waals surface area contributed by atoms with Crippen LogP contribution in [-0.4, -0.2) is 26.1 Å². The van der Waals surface area contributed by atoms with E-state index < -0.39 is 0 Å². The first-order valence-corrected chi connectivity index (χ1v) is 3.93. The molecule has 2 aromatic rings. The summed E-state index contributed by atoms with van der Waals surface area (Å²) in [6.45, 7) is 0. The molecule has 0 atom stereocenters. The van der Waals surface area contributed by atoms with E-state index in [2.05, 4.69) is 25.5 Å². The minimum Gasteiger partial charge on any atom is -0.291 e. The number of hydrogen-bond acceptors (Lipinski definition) is 4. The van der Waals surface area contributed by atoms with E-state index in [0.717, 1.165) is 0 Å². The summed E-state index contributed by atoms with van der Waals surface area (Å²) >= 11 is 0. The van der Waals surface area contributed by atoms with E-state index in [1.807, 2.05) is 0 Å². The molecule has 2 N–H and O–H groups in total. The molecule has 0 aliphatic carbocycles. The predicted molar refractivity (Wildman–Crippen MR) is 48.6 cm³/mol. The maximum atomic E-state index is 11.5. The Morgan fingerprint density at radius 2 is 2.14 bits per heavy atom. The van der Waals surface area contributed by atoms with E-state index in [1.165, 1.54) is 6.33 Å². The molecule has 6 nitrogen and oxygen atoms in total. The van der Waals surface area contributed by atoms with Crippen LogP contribution < -0.4 is 5.32 Å². The third kappa shape index (κ3) is 1.74. The van der Waals surface area contributed by atoms with Crippen molar-refractivity contribution in [1.29, 1.82) is 0 Å². The molecule has 70 valence electrons. The summed E-state index contributed by atoms with van der Waals surface area (Å²) in [5.74, 6) is 0.0796. The zero-order chi connectivity index (χ0) is 9.80. The molecule has 0 saturated carbocycles. The molecule has 2 aromatic heterocycles. The summed E-state index contributed by atoms with van der Waals surface area (Å²) in [4.78, 5) is 19.1. The van der Waals surface area contributed by atoms with Crippen LogP contribution in [0.25, 0.3) is 0 Å². The Balaban J connectivity index is 2.11. The van der Waals surface area contributed by atoms with Gasteiger partial charge < -0.3 is 0 Å². The summed E-state index contributed by atoms with van der Waals surface area (Å²) in [7, 11) is 0. The average molecular weight is 189 g/mol. The normalized spacial score (nSPS) is 9.71. The Morgan fingerprint density at radius 3 is 2.79 bits per heavy atom. The highest BCUT2D eigenvalue weighted by Gasteiger charge is 2.05. The van der Waals surface area contributed by atoms with Crippen LogP contribution in [0.15, 0.2) is 30.9 Å². The van der Waals surface area contributed by atoms with Gasteiger partial charge in [0.15, 0.2) is 0 Å². The Labute approximate surface area is 79.4 Å². The fraction of sp³-hybridized carbons (Fsp3) is 0. The van der Waals surface area contributed by atoms with Crippen molar-refractivity contribution in [1.82, 2.24) is 20.2 Å². The van der Waals surface area contributed by atoms with Crippen molar-refractivity contribution in [3.63, 3.8) is 0 Å². The minimum absolute atomic E-state index is 0.246. The summed E-state index contributed by atoms with van der Waals surface area (Å²) < 4.78 is 0. The summed E-state index contributed by atoms with van der Waals surface area (Å²) in [6, 6.07) is 3.23. The van der Waals surface area contributed by atoms with Crippen molar-refractivity contribution in [2.24, 2.45) is 0 Å². The van der Waals surface area contributed by atoms with Crippen LogP contribution >= 0.6 is 0 Å². The van der Waals surface area contributed by atoms with E-state index >= 15 is 0 Å². The molecule has 0 radical (unpaired) electrons. The summed E-state index contributed by atoms with van der Waals surface area (Å²) in [5.41, 5.74) is 0.524. The number of rotatable bonds is 2. The number of nitrogens with one attached hydrogen (secondary N) is 2. The first-order valence-electron chi connectivity index (χ1n) is 3.93. The van der Waals surface area contributed by atoms with Crippen LogP contribution in [-0.2, 0) is 0 Å². The fourth-order valence-electron chi connectivity index (χ4n) is 0.949. The number of carbonyl (C=O) groups is 1.